The van der Waals surface area contributed by atoms with Gasteiger partial charge in [0.15, 0.2) is 6.61 Å². The Morgan fingerprint density at radius 2 is 1.92 bits per heavy atom. The van der Waals surface area contributed by atoms with Crippen molar-refractivity contribution in [2.24, 2.45) is 0 Å². The zero-order valence-corrected chi connectivity index (χ0v) is 13.8. The van der Waals surface area contributed by atoms with Gasteiger partial charge in [-0.25, -0.2) is 4.39 Å². The second kappa shape index (κ2) is 7.94. The van der Waals surface area contributed by atoms with E-state index in [-0.39, 0.29) is 30.4 Å². The van der Waals surface area contributed by atoms with E-state index in [9.17, 15) is 14.3 Å². The van der Waals surface area contributed by atoms with Crippen LogP contribution in [-0.2, 0) is 4.79 Å². The third-order valence-electron chi connectivity index (χ3n) is 4.96. The molecule has 3 rings (SSSR count). The van der Waals surface area contributed by atoms with Crippen LogP contribution in [-0.4, -0.2) is 53.8 Å². The maximum absolute atomic E-state index is 12.8. The predicted molar refractivity (Wildman–Crippen MR) is 88.3 cm³/mol. The van der Waals surface area contributed by atoms with Crippen LogP contribution in [0.15, 0.2) is 24.3 Å². The van der Waals surface area contributed by atoms with Gasteiger partial charge in [0.05, 0.1) is 12.1 Å². The molecule has 5 nitrogen and oxygen atoms in total. The van der Waals surface area contributed by atoms with E-state index in [0.29, 0.717) is 5.75 Å². The quantitative estimate of drug-likeness (QED) is 0.859. The summed E-state index contributed by atoms with van der Waals surface area (Å²) in [6.45, 7) is 1.94. The van der Waals surface area contributed by atoms with Crippen LogP contribution < -0.4 is 10.1 Å². The molecule has 2 fully saturated rings. The van der Waals surface area contributed by atoms with Gasteiger partial charge in [-0.15, -0.1) is 0 Å². The Balaban J connectivity index is 1.48. The predicted octanol–water partition coefficient (Wildman–Crippen LogP) is 1.70. The molecule has 1 aromatic carbocycles. The smallest absolute Gasteiger partial charge is 0.258 e. The Labute approximate surface area is 141 Å². The average Bonchev–Trinajstić information content (AvgIpc) is 3.10. The van der Waals surface area contributed by atoms with E-state index < -0.39 is 6.10 Å². The van der Waals surface area contributed by atoms with Crippen molar-refractivity contribution in [1.29, 1.82) is 0 Å². The largest absolute Gasteiger partial charge is 0.484 e. The van der Waals surface area contributed by atoms with E-state index >= 15 is 0 Å². The van der Waals surface area contributed by atoms with Crippen molar-refractivity contribution in [3.05, 3.63) is 30.1 Å². The Hall–Kier alpha value is -1.66. The van der Waals surface area contributed by atoms with Gasteiger partial charge < -0.3 is 15.2 Å². The number of carbonyl (C=O) groups is 1. The lowest BCUT2D eigenvalue weighted by Crippen LogP contribution is -2.56. The van der Waals surface area contributed by atoms with Gasteiger partial charge in [0, 0.05) is 6.04 Å². The monoisotopic (exact) mass is 336 g/mol. The lowest BCUT2D eigenvalue weighted by Gasteiger charge is -2.40. The molecule has 0 radical (unpaired) electrons. The molecule has 0 bridgehead atoms. The van der Waals surface area contributed by atoms with Crippen molar-refractivity contribution in [3.63, 3.8) is 0 Å². The molecule has 1 aliphatic carbocycles. The van der Waals surface area contributed by atoms with Crippen molar-refractivity contribution in [1.82, 2.24) is 10.2 Å². The van der Waals surface area contributed by atoms with E-state index in [2.05, 4.69) is 10.2 Å². The number of nitrogens with zero attached hydrogens (tertiary/aromatic N) is 1. The van der Waals surface area contributed by atoms with Gasteiger partial charge in [-0.3, -0.25) is 9.69 Å². The topological polar surface area (TPSA) is 61.8 Å². The van der Waals surface area contributed by atoms with Crippen molar-refractivity contribution < 1.29 is 19.0 Å². The molecule has 1 aliphatic heterocycles. The minimum atomic E-state index is -0.536. The van der Waals surface area contributed by atoms with Crippen LogP contribution in [0.25, 0.3) is 0 Å². The van der Waals surface area contributed by atoms with Crippen molar-refractivity contribution in [2.45, 2.75) is 50.3 Å². The summed E-state index contributed by atoms with van der Waals surface area (Å²) in [4.78, 5) is 14.4. The third kappa shape index (κ3) is 4.24. The standard InChI is InChI=1S/C18H25FN2O3/c19-13-6-8-14(9-7-13)24-12-17(22)20-15-4-3-5-16(18(15)23)21-10-1-2-11-21/h6-9,15-16,18,23H,1-5,10-12H2,(H,20,22)/t15-,16-,18-/m1/s1. The molecule has 3 atom stereocenters. The van der Waals surface area contributed by atoms with Crippen LogP contribution in [0.3, 0.4) is 0 Å². The number of carbonyl (C=O) groups excluding carboxylic acids is 1. The SMILES string of the molecule is O=C(COc1ccc(F)cc1)N[C@@H]1CCC[C@@H](N2CCCC2)[C@@H]1O. The lowest BCUT2D eigenvalue weighted by atomic mass is 9.87. The molecule has 1 amide bonds. The second-order valence-electron chi connectivity index (χ2n) is 6.65. The third-order valence-corrected chi connectivity index (χ3v) is 4.96. The number of rotatable bonds is 5. The Morgan fingerprint density at radius 1 is 1.21 bits per heavy atom. The molecule has 1 aromatic rings. The normalized spacial score (nSPS) is 27.8. The molecule has 1 saturated heterocycles. The zero-order chi connectivity index (χ0) is 16.9. The van der Waals surface area contributed by atoms with E-state index in [0.717, 1.165) is 32.4 Å². The number of halogens is 1. The summed E-state index contributed by atoms with van der Waals surface area (Å²) in [5.41, 5.74) is 0. The number of hydrogen-bond acceptors (Lipinski definition) is 4. The van der Waals surface area contributed by atoms with Crippen LogP contribution in [0.5, 0.6) is 5.75 Å². The zero-order valence-electron chi connectivity index (χ0n) is 13.8. The van der Waals surface area contributed by atoms with Gasteiger partial charge in [-0.1, -0.05) is 0 Å². The highest BCUT2D eigenvalue weighted by Crippen LogP contribution is 2.26. The van der Waals surface area contributed by atoms with Crippen molar-refractivity contribution >= 4 is 5.91 Å². The molecule has 0 spiro atoms. The van der Waals surface area contributed by atoms with Gasteiger partial charge in [-0.2, -0.15) is 0 Å². The van der Waals surface area contributed by atoms with E-state index in [1.165, 1.54) is 37.1 Å². The fourth-order valence-electron chi connectivity index (χ4n) is 3.71. The lowest BCUT2D eigenvalue weighted by molar-refractivity contribution is -0.125. The molecular formula is C18H25FN2O3. The van der Waals surface area contributed by atoms with Gasteiger partial charge in [0.2, 0.25) is 0 Å². The number of hydrogen-bond donors (Lipinski definition) is 2. The van der Waals surface area contributed by atoms with E-state index in [1.54, 1.807) is 0 Å². The number of benzene rings is 1. The first-order valence-electron chi connectivity index (χ1n) is 8.73. The number of nitrogens with one attached hydrogen (secondary N) is 1. The average molecular weight is 336 g/mol. The van der Waals surface area contributed by atoms with Crippen LogP contribution in [0.4, 0.5) is 4.39 Å². The Bertz CT molecular complexity index is 546. The van der Waals surface area contributed by atoms with Gasteiger partial charge in [-0.05, 0) is 69.5 Å². The molecule has 2 aliphatic rings. The van der Waals surface area contributed by atoms with E-state index in [1.807, 2.05) is 0 Å². The molecule has 0 unspecified atom stereocenters. The molecule has 6 heteroatoms. The summed E-state index contributed by atoms with van der Waals surface area (Å²) in [5, 5.41) is 13.5. The fraction of sp³-hybridized carbons (Fsp3) is 0.611. The highest BCUT2D eigenvalue weighted by Gasteiger charge is 2.36. The summed E-state index contributed by atoms with van der Waals surface area (Å²) in [6.07, 6.45) is 4.61. The fourth-order valence-corrected chi connectivity index (χ4v) is 3.71. The van der Waals surface area contributed by atoms with Crippen LogP contribution in [0.1, 0.15) is 32.1 Å². The number of ether oxygens (including phenoxy) is 1. The van der Waals surface area contributed by atoms with Crippen LogP contribution in [0.2, 0.25) is 0 Å². The summed E-state index contributed by atoms with van der Waals surface area (Å²) >= 11 is 0. The molecule has 2 N–H and O–H groups in total. The minimum Gasteiger partial charge on any atom is -0.484 e. The van der Waals surface area contributed by atoms with Gasteiger partial charge >= 0.3 is 0 Å². The maximum Gasteiger partial charge on any atom is 0.258 e. The van der Waals surface area contributed by atoms with E-state index in [4.69, 9.17) is 4.74 Å². The first-order chi connectivity index (χ1) is 11.6. The minimum absolute atomic E-state index is 0.136. The summed E-state index contributed by atoms with van der Waals surface area (Å²) in [5.74, 6) is -0.152. The van der Waals surface area contributed by atoms with Gasteiger partial charge in [0.25, 0.3) is 5.91 Å². The van der Waals surface area contributed by atoms with Crippen molar-refractivity contribution in [3.8, 4) is 5.75 Å². The highest BCUT2D eigenvalue weighted by molar-refractivity contribution is 5.77. The molecule has 132 valence electrons. The highest BCUT2D eigenvalue weighted by atomic mass is 19.1. The molecule has 1 heterocycles. The Morgan fingerprint density at radius 3 is 2.62 bits per heavy atom. The molecule has 1 saturated carbocycles. The Kier molecular flexibility index (Phi) is 5.68. The number of aliphatic hydroxyl groups excluding tert-OH is 1. The van der Waals surface area contributed by atoms with Crippen molar-refractivity contribution in [2.75, 3.05) is 19.7 Å². The van der Waals surface area contributed by atoms with Gasteiger partial charge in [0.1, 0.15) is 11.6 Å². The number of aliphatic hydroxyl groups is 1. The van der Waals surface area contributed by atoms with Crippen LogP contribution in [0, 0.1) is 5.82 Å². The second-order valence-corrected chi connectivity index (χ2v) is 6.65. The maximum atomic E-state index is 12.8. The van der Waals surface area contributed by atoms with Crippen LogP contribution >= 0.6 is 0 Å². The first kappa shape index (κ1) is 17.2. The molecule has 24 heavy (non-hydrogen) atoms. The summed E-state index contributed by atoms with van der Waals surface area (Å²) in [6, 6.07) is 5.47. The summed E-state index contributed by atoms with van der Waals surface area (Å²) < 4.78 is 18.2. The number of likely N-dealkylation sites (tertiary alicyclic amines) is 1. The molecular weight excluding hydrogens is 311 g/mol. The number of amides is 1. The first-order valence-corrected chi connectivity index (χ1v) is 8.73. The molecule has 0 aromatic heterocycles. The summed E-state index contributed by atoms with van der Waals surface area (Å²) in [7, 11) is 0.